The van der Waals surface area contributed by atoms with E-state index in [2.05, 4.69) is 0 Å². The van der Waals surface area contributed by atoms with E-state index >= 15 is 0 Å². The Bertz CT molecular complexity index is 430. The summed E-state index contributed by atoms with van der Waals surface area (Å²) in [5.74, 6) is -1.38. The zero-order valence-corrected chi connectivity index (χ0v) is 14.7. The molecular weight excluding hydrogens is 334 g/mol. The standard InChI is InChI=1S/C16H27NO8/c1-12-9-13(16(21)22-2)3-4-17(12)14(10-18)25-8-7-23-5-6-24-11-15(19)20/h10,12-14H,3-9,11H2,1-2H3,(H,19,20). The SMILES string of the molecule is COC(=O)C1CCN(C(C=O)OCCOCCOCC(=O)O)C(C)C1. The minimum absolute atomic E-state index is 0.0263. The van der Waals surface area contributed by atoms with Crippen LogP contribution in [0.5, 0.6) is 0 Å². The molecule has 0 amide bonds. The summed E-state index contributed by atoms with van der Waals surface area (Å²) in [5.41, 5.74) is 0. The number of hydrogen-bond donors (Lipinski definition) is 1. The lowest BCUT2D eigenvalue weighted by Crippen LogP contribution is -2.50. The molecule has 1 rings (SSSR count). The summed E-state index contributed by atoms with van der Waals surface area (Å²) in [6.07, 6.45) is 1.31. The Kier molecular flexibility index (Phi) is 10.2. The van der Waals surface area contributed by atoms with Crippen molar-refractivity contribution in [3.05, 3.63) is 0 Å². The minimum atomic E-state index is -1.03. The number of ether oxygens (including phenoxy) is 4. The molecule has 0 bridgehead atoms. The van der Waals surface area contributed by atoms with Crippen LogP contribution in [-0.4, -0.2) is 87.2 Å². The molecule has 1 aliphatic heterocycles. The van der Waals surface area contributed by atoms with Crippen LogP contribution in [0.4, 0.5) is 0 Å². The summed E-state index contributed by atoms with van der Waals surface area (Å²) >= 11 is 0. The number of esters is 1. The molecule has 1 aliphatic rings. The van der Waals surface area contributed by atoms with E-state index in [4.69, 9.17) is 24.1 Å². The largest absolute Gasteiger partial charge is 0.480 e. The summed E-state index contributed by atoms with van der Waals surface area (Å²) in [6, 6.07) is 0.0263. The van der Waals surface area contributed by atoms with Gasteiger partial charge in [-0.25, -0.2) is 4.79 Å². The highest BCUT2D eigenvalue weighted by Gasteiger charge is 2.34. The normalized spacial score (nSPS) is 22.3. The first-order chi connectivity index (χ1) is 12.0. The Labute approximate surface area is 147 Å². The van der Waals surface area contributed by atoms with Crippen LogP contribution in [0.15, 0.2) is 0 Å². The van der Waals surface area contributed by atoms with Crippen LogP contribution in [0.3, 0.4) is 0 Å². The molecule has 144 valence electrons. The maximum atomic E-state index is 11.6. The van der Waals surface area contributed by atoms with Crippen LogP contribution in [0.1, 0.15) is 19.8 Å². The molecule has 1 saturated heterocycles. The number of likely N-dealkylation sites (tertiary alicyclic amines) is 1. The Morgan fingerprint density at radius 3 is 2.52 bits per heavy atom. The van der Waals surface area contributed by atoms with E-state index in [9.17, 15) is 14.4 Å². The highest BCUT2D eigenvalue weighted by molar-refractivity contribution is 5.72. The number of aldehydes is 1. The second-order valence-corrected chi connectivity index (χ2v) is 5.79. The number of carbonyl (C=O) groups excluding carboxylic acids is 2. The summed E-state index contributed by atoms with van der Waals surface area (Å²) in [5, 5.41) is 8.40. The molecule has 25 heavy (non-hydrogen) atoms. The van der Waals surface area contributed by atoms with Crippen molar-refractivity contribution in [1.29, 1.82) is 0 Å². The van der Waals surface area contributed by atoms with Crippen LogP contribution in [0.2, 0.25) is 0 Å². The predicted molar refractivity (Wildman–Crippen MR) is 86.0 cm³/mol. The minimum Gasteiger partial charge on any atom is -0.480 e. The molecule has 0 aromatic carbocycles. The van der Waals surface area contributed by atoms with Crippen molar-refractivity contribution >= 4 is 18.2 Å². The number of methoxy groups -OCH3 is 1. The maximum Gasteiger partial charge on any atom is 0.329 e. The van der Waals surface area contributed by atoms with Crippen LogP contribution in [0.25, 0.3) is 0 Å². The van der Waals surface area contributed by atoms with Crippen molar-refractivity contribution in [2.75, 3.05) is 46.7 Å². The van der Waals surface area contributed by atoms with Gasteiger partial charge in [0.15, 0.2) is 12.5 Å². The molecule has 9 heteroatoms. The quantitative estimate of drug-likeness (QED) is 0.290. The molecule has 9 nitrogen and oxygen atoms in total. The number of carboxylic acid groups (broad SMARTS) is 1. The van der Waals surface area contributed by atoms with Crippen LogP contribution in [0, 0.1) is 5.92 Å². The summed E-state index contributed by atoms with van der Waals surface area (Å²) in [7, 11) is 1.38. The molecule has 0 aliphatic carbocycles. The number of rotatable bonds is 12. The molecule has 0 radical (unpaired) electrons. The lowest BCUT2D eigenvalue weighted by molar-refractivity contribution is -0.153. The summed E-state index contributed by atoms with van der Waals surface area (Å²) in [4.78, 5) is 35.1. The highest BCUT2D eigenvalue weighted by atomic mass is 16.6. The number of carboxylic acids is 1. The fourth-order valence-corrected chi connectivity index (χ4v) is 2.77. The molecule has 0 aromatic rings. The van der Waals surface area contributed by atoms with Gasteiger partial charge < -0.3 is 24.1 Å². The predicted octanol–water partition coefficient (Wildman–Crippen LogP) is -0.0807. The number of hydrogen-bond acceptors (Lipinski definition) is 8. The van der Waals surface area contributed by atoms with Gasteiger partial charge in [0.25, 0.3) is 0 Å². The van der Waals surface area contributed by atoms with Crippen LogP contribution >= 0.6 is 0 Å². The van der Waals surface area contributed by atoms with Crippen LogP contribution < -0.4 is 0 Å². The lowest BCUT2D eigenvalue weighted by atomic mass is 9.91. The third-order valence-electron chi connectivity index (χ3n) is 4.02. The van der Waals surface area contributed by atoms with Crippen molar-refractivity contribution in [2.24, 2.45) is 5.92 Å². The fraction of sp³-hybridized carbons (Fsp3) is 0.812. The van der Waals surface area contributed by atoms with E-state index < -0.39 is 12.2 Å². The average Bonchev–Trinajstić information content (AvgIpc) is 2.60. The van der Waals surface area contributed by atoms with Crippen molar-refractivity contribution < 1.29 is 38.4 Å². The molecule has 1 fully saturated rings. The first kappa shape index (κ1) is 21.5. The van der Waals surface area contributed by atoms with Gasteiger partial charge in [0.1, 0.15) is 6.61 Å². The molecular formula is C16H27NO8. The zero-order valence-electron chi connectivity index (χ0n) is 14.7. The fourth-order valence-electron chi connectivity index (χ4n) is 2.77. The summed E-state index contributed by atoms with van der Waals surface area (Å²) < 4.78 is 20.4. The number of carbonyl (C=O) groups is 3. The number of nitrogens with zero attached hydrogens (tertiary/aromatic N) is 1. The molecule has 0 aromatic heterocycles. The van der Waals surface area contributed by atoms with E-state index in [1.165, 1.54) is 7.11 Å². The first-order valence-corrected chi connectivity index (χ1v) is 8.27. The van der Waals surface area contributed by atoms with Gasteiger partial charge in [-0.3, -0.25) is 14.5 Å². The van der Waals surface area contributed by atoms with E-state index in [1.54, 1.807) is 0 Å². The van der Waals surface area contributed by atoms with Gasteiger partial charge in [0.05, 0.1) is 39.5 Å². The Morgan fingerprint density at radius 2 is 1.92 bits per heavy atom. The topological polar surface area (TPSA) is 112 Å². The highest BCUT2D eigenvalue weighted by Crippen LogP contribution is 2.25. The van der Waals surface area contributed by atoms with Crippen molar-refractivity contribution in [1.82, 2.24) is 4.90 Å². The summed E-state index contributed by atoms with van der Waals surface area (Å²) in [6.45, 7) is 3.11. The molecule has 0 spiro atoms. The molecule has 1 N–H and O–H groups in total. The lowest BCUT2D eigenvalue weighted by Gasteiger charge is -2.39. The Hall–Kier alpha value is -1.55. The van der Waals surface area contributed by atoms with E-state index in [0.717, 1.165) is 6.29 Å². The molecule has 0 saturated carbocycles. The second-order valence-electron chi connectivity index (χ2n) is 5.79. The van der Waals surface area contributed by atoms with Crippen molar-refractivity contribution in [3.63, 3.8) is 0 Å². The molecule has 3 atom stereocenters. The third kappa shape index (κ3) is 7.91. The van der Waals surface area contributed by atoms with Crippen molar-refractivity contribution in [2.45, 2.75) is 32.0 Å². The second kappa shape index (κ2) is 11.9. The third-order valence-corrected chi connectivity index (χ3v) is 4.02. The van der Waals surface area contributed by atoms with Gasteiger partial charge >= 0.3 is 11.9 Å². The smallest absolute Gasteiger partial charge is 0.329 e. The van der Waals surface area contributed by atoms with E-state index in [0.29, 0.717) is 19.4 Å². The van der Waals surface area contributed by atoms with E-state index in [1.807, 2.05) is 11.8 Å². The van der Waals surface area contributed by atoms with Gasteiger partial charge in [-0.2, -0.15) is 0 Å². The van der Waals surface area contributed by atoms with E-state index in [-0.39, 0.29) is 51.0 Å². The monoisotopic (exact) mass is 361 g/mol. The van der Waals surface area contributed by atoms with Gasteiger partial charge in [-0.1, -0.05) is 0 Å². The maximum absolute atomic E-state index is 11.6. The molecule has 1 heterocycles. The zero-order chi connectivity index (χ0) is 18.7. The van der Waals surface area contributed by atoms with Gasteiger partial charge in [-0.05, 0) is 19.8 Å². The van der Waals surface area contributed by atoms with Crippen LogP contribution in [-0.2, 0) is 33.3 Å². The van der Waals surface area contributed by atoms with Gasteiger partial charge in [0, 0.05) is 12.6 Å². The van der Waals surface area contributed by atoms with Crippen molar-refractivity contribution in [3.8, 4) is 0 Å². The number of aliphatic carboxylic acids is 1. The van der Waals surface area contributed by atoms with Gasteiger partial charge in [-0.15, -0.1) is 0 Å². The average molecular weight is 361 g/mol. The Balaban J connectivity index is 2.22. The number of piperidine rings is 1. The first-order valence-electron chi connectivity index (χ1n) is 8.27. The van der Waals surface area contributed by atoms with Gasteiger partial charge in [0.2, 0.25) is 0 Å². The Morgan fingerprint density at radius 1 is 1.24 bits per heavy atom. The molecule has 3 unspecified atom stereocenters.